The molecule has 3 rings (SSSR count). The lowest BCUT2D eigenvalue weighted by Crippen LogP contribution is -2.24. The van der Waals surface area contributed by atoms with Gasteiger partial charge in [-0.2, -0.15) is 5.10 Å². The Morgan fingerprint density at radius 2 is 2.38 bits per heavy atom. The van der Waals surface area contributed by atoms with Gasteiger partial charge in [0.25, 0.3) is 0 Å². The number of amides is 1. The number of carbonyl (C=O) groups is 1. The Kier molecular flexibility index (Phi) is 3.57. The van der Waals surface area contributed by atoms with Gasteiger partial charge in [0.2, 0.25) is 5.91 Å². The maximum absolute atomic E-state index is 12.1. The van der Waals surface area contributed by atoms with Gasteiger partial charge in [0, 0.05) is 41.9 Å². The fraction of sp³-hybridized carbons (Fsp3) is 0.286. The number of rotatable bonds is 4. The Morgan fingerprint density at radius 1 is 1.48 bits per heavy atom. The standard InChI is InChI=1S/C14H14N6O/c15-19-17-8-10-6-14(21)20(9-10)12-3-1-2-11(7-12)13-4-5-16-18-13/h1-5,7,10H,6,8-9H2,(H,16,18). The first-order chi connectivity index (χ1) is 10.3. The van der Waals surface area contributed by atoms with Gasteiger partial charge < -0.3 is 4.90 Å². The van der Waals surface area contributed by atoms with Gasteiger partial charge >= 0.3 is 0 Å². The van der Waals surface area contributed by atoms with Crippen LogP contribution in [0.15, 0.2) is 41.6 Å². The van der Waals surface area contributed by atoms with Crippen molar-refractivity contribution in [3.63, 3.8) is 0 Å². The Bertz CT molecular complexity index is 689. The van der Waals surface area contributed by atoms with Crippen molar-refractivity contribution in [2.24, 2.45) is 11.0 Å². The Labute approximate surface area is 121 Å². The monoisotopic (exact) mass is 282 g/mol. The van der Waals surface area contributed by atoms with E-state index in [-0.39, 0.29) is 11.8 Å². The van der Waals surface area contributed by atoms with E-state index in [1.54, 1.807) is 11.1 Å². The number of nitrogens with zero attached hydrogens (tertiary/aromatic N) is 5. The van der Waals surface area contributed by atoms with Crippen molar-refractivity contribution in [1.29, 1.82) is 0 Å². The number of nitrogens with one attached hydrogen (secondary N) is 1. The lowest BCUT2D eigenvalue weighted by molar-refractivity contribution is -0.117. The molecule has 0 radical (unpaired) electrons. The lowest BCUT2D eigenvalue weighted by atomic mass is 10.1. The van der Waals surface area contributed by atoms with Gasteiger partial charge in [-0.15, -0.1) is 0 Å². The van der Waals surface area contributed by atoms with Gasteiger partial charge in [-0.3, -0.25) is 9.89 Å². The van der Waals surface area contributed by atoms with Crippen LogP contribution >= 0.6 is 0 Å². The molecule has 106 valence electrons. The molecule has 2 heterocycles. The molecule has 7 nitrogen and oxygen atoms in total. The second-order valence-electron chi connectivity index (χ2n) is 5.01. The average Bonchev–Trinajstić information content (AvgIpc) is 3.15. The van der Waals surface area contributed by atoms with E-state index in [1.807, 2.05) is 30.3 Å². The van der Waals surface area contributed by atoms with Gasteiger partial charge in [0.05, 0.1) is 5.69 Å². The van der Waals surface area contributed by atoms with E-state index in [4.69, 9.17) is 5.53 Å². The van der Waals surface area contributed by atoms with Crippen molar-refractivity contribution in [2.45, 2.75) is 6.42 Å². The van der Waals surface area contributed by atoms with E-state index < -0.39 is 0 Å². The van der Waals surface area contributed by atoms with E-state index in [0.29, 0.717) is 19.5 Å². The lowest BCUT2D eigenvalue weighted by Gasteiger charge is -2.17. The number of H-pyrrole nitrogens is 1. The molecular formula is C14H14N6O. The third-order valence-electron chi connectivity index (χ3n) is 3.58. The summed E-state index contributed by atoms with van der Waals surface area (Å²) < 4.78 is 0. The van der Waals surface area contributed by atoms with E-state index in [1.165, 1.54) is 0 Å². The van der Waals surface area contributed by atoms with Crippen LogP contribution < -0.4 is 4.90 Å². The Balaban J connectivity index is 1.82. The highest BCUT2D eigenvalue weighted by Gasteiger charge is 2.30. The van der Waals surface area contributed by atoms with Crippen LogP contribution in [-0.2, 0) is 4.79 Å². The van der Waals surface area contributed by atoms with Gasteiger partial charge in [-0.25, -0.2) is 0 Å². The van der Waals surface area contributed by atoms with Crippen LogP contribution in [0.4, 0.5) is 5.69 Å². The number of aromatic amines is 1. The summed E-state index contributed by atoms with van der Waals surface area (Å²) in [5.74, 6) is 0.152. The summed E-state index contributed by atoms with van der Waals surface area (Å²) in [6, 6.07) is 9.64. The molecule has 1 aromatic heterocycles. The minimum absolute atomic E-state index is 0.0647. The molecule has 1 atom stereocenters. The molecule has 1 saturated heterocycles. The summed E-state index contributed by atoms with van der Waals surface area (Å²) in [4.78, 5) is 16.6. The number of azide groups is 1. The summed E-state index contributed by atoms with van der Waals surface area (Å²) in [5.41, 5.74) is 11.1. The second kappa shape index (κ2) is 5.68. The molecule has 2 aromatic rings. The zero-order valence-corrected chi connectivity index (χ0v) is 11.3. The van der Waals surface area contributed by atoms with Gasteiger partial charge in [0.1, 0.15) is 0 Å². The van der Waals surface area contributed by atoms with E-state index in [2.05, 4.69) is 20.2 Å². The first-order valence-corrected chi connectivity index (χ1v) is 6.69. The summed E-state index contributed by atoms with van der Waals surface area (Å²) in [6.07, 6.45) is 2.12. The molecular weight excluding hydrogens is 268 g/mol. The molecule has 0 bridgehead atoms. The minimum Gasteiger partial charge on any atom is -0.312 e. The molecule has 0 saturated carbocycles. The summed E-state index contributed by atoms with van der Waals surface area (Å²) in [5, 5.41) is 10.4. The molecule has 1 N–H and O–H groups in total. The van der Waals surface area contributed by atoms with Crippen LogP contribution in [0.1, 0.15) is 6.42 Å². The van der Waals surface area contributed by atoms with Gasteiger partial charge in [-0.1, -0.05) is 17.2 Å². The zero-order valence-electron chi connectivity index (χ0n) is 11.3. The zero-order chi connectivity index (χ0) is 14.7. The first kappa shape index (κ1) is 13.2. The molecule has 0 aliphatic carbocycles. The van der Waals surface area contributed by atoms with Crippen molar-refractivity contribution in [3.8, 4) is 11.3 Å². The largest absolute Gasteiger partial charge is 0.312 e. The molecule has 1 unspecified atom stereocenters. The van der Waals surface area contributed by atoms with Crippen molar-refractivity contribution >= 4 is 11.6 Å². The normalized spacial score (nSPS) is 17.8. The molecule has 1 amide bonds. The number of hydrogen-bond donors (Lipinski definition) is 1. The van der Waals surface area contributed by atoms with Gasteiger partial charge in [-0.05, 0) is 29.6 Å². The topological polar surface area (TPSA) is 97.8 Å². The number of aromatic nitrogens is 2. The molecule has 1 aliphatic heterocycles. The summed E-state index contributed by atoms with van der Waals surface area (Å²) in [7, 11) is 0. The molecule has 1 aromatic carbocycles. The molecule has 1 aliphatic rings. The third-order valence-corrected chi connectivity index (χ3v) is 3.58. The highest BCUT2D eigenvalue weighted by Crippen LogP contribution is 2.28. The highest BCUT2D eigenvalue weighted by atomic mass is 16.2. The van der Waals surface area contributed by atoms with Crippen LogP contribution in [0.3, 0.4) is 0 Å². The Morgan fingerprint density at radius 3 is 3.14 bits per heavy atom. The molecule has 21 heavy (non-hydrogen) atoms. The molecule has 1 fully saturated rings. The van der Waals surface area contributed by atoms with Crippen LogP contribution in [-0.4, -0.2) is 29.2 Å². The highest BCUT2D eigenvalue weighted by molar-refractivity contribution is 5.96. The summed E-state index contributed by atoms with van der Waals surface area (Å²) in [6.45, 7) is 0.948. The summed E-state index contributed by atoms with van der Waals surface area (Å²) >= 11 is 0. The quantitative estimate of drug-likeness (QED) is 0.530. The average molecular weight is 282 g/mol. The fourth-order valence-electron chi connectivity index (χ4n) is 2.56. The van der Waals surface area contributed by atoms with E-state index in [0.717, 1.165) is 16.9 Å². The minimum atomic E-state index is 0.0647. The predicted molar refractivity (Wildman–Crippen MR) is 78.5 cm³/mol. The third kappa shape index (κ3) is 2.73. The fourth-order valence-corrected chi connectivity index (χ4v) is 2.56. The number of anilines is 1. The predicted octanol–water partition coefficient (Wildman–Crippen LogP) is 2.74. The number of carbonyl (C=O) groups excluding carboxylic acids is 1. The first-order valence-electron chi connectivity index (χ1n) is 6.69. The van der Waals surface area contributed by atoms with Crippen LogP contribution in [0.5, 0.6) is 0 Å². The van der Waals surface area contributed by atoms with Crippen LogP contribution in [0.25, 0.3) is 21.7 Å². The van der Waals surface area contributed by atoms with Crippen molar-refractivity contribution < 1.29 is 4.79 Å². The van der Waals surface area contributed by atoms with Crippen LogP contribution in [0.2, 0.25) is 0 Å². The van der Waals surface area contributed by atoms with Gasteiger partial charge in [0.15, 0.2) is 0 Å². The number of benzene rings is 1. The maximum atomic E-state index is 12.1. The Hall–Kier alpha value is -2.79. The van der Waals surface area contributed by atoms with Crippen molar-refractivity contribution in [2.75, 3.05) is 18.0 Å². The van der Waals surface area contributed by atoms with Crippen LogP contribution in [0, 0.1) is 5.92 Å². The molecule has 7 heteroatoms. The SMILES string of the molecule is [N-]=[N+]=NCC1CC(=O)N(c2cccc(-c3ccn[nH]3)c2)C1. The number of hydrogen-bond acceptors (Lipinski definition) is 3. The maximum Gasteiger partial charge on any atom is 0.227 e. The second-order valence-corrected chi connectivity index (χ2v) is 5.01. The van der Waals surface area contributed by atoms with E-state index >= 15 is 0 Å². The van der Waals surface area contributed by atoms with Crippen molar-refractivity contribution in [3.05, 3.63) is 47.0 Å². The van der Waals surface area contributed by atoms with E-state index in [9.17, 15) is 4.79 Å². The smallest absolute Gasteiger partial charge is 0.227 e. The van der Waals surface area contributed by atoms with Crippen molar-refractivity contribution in [1.82, 2.24) is 10.2 Å². The molecule has 0 spiro atoms.